The fraction of sp³-hybridized carbons (Fsp3) is 0.700. The van der Waals surface area contributed by atoms with E-state index >= 15 is 0 Å². The molecule has 1 aromatic rings. The first-order chi connectivity index (χ1) is 8.74. The molecule has 0 saturated carbocycles. The van der Waals surface area contributed by atoms with Crippen LogP contribution in [0.1, 0.15) is 11.4 Å². The number of aromatic nitrogens is 2. The van der Waals surface area contributed by atoms with Crippen LogP contribution in [0.3, 0.4) is 0 Å². The molecule has 0 fully saturated rings. The van der Waals surface area contributed by atoms with Crippen LogP contribution < -0.4 is 11.3 Å². The van der Waals surface area contributed by atoms with Crippen molar-refractivity contribution in [1.29, 1.82) is 0 Å². The summed E-state index contributed by atoms with van der Waals surface area (Å²) >= 11 is 3.39. The van der Waals surface area contributed by atoms with Crippen molar-refractivity contribution in [2.24, 2.45) is 12.9 Å². The first-order valence-electron chi connectivity index (χ1n) is 5.53. The van der Waals surface area contributed by atoms with E-state index in [2.05, 4.69) is 31.2 Å². The Morgan fingerprint density at radius 2 is 2.16 bits per heavy atom. The highest BCUT2D eigenvalue weighted by Gasteiger charge is 2.28. The van der Waals surface area contributed by atoms with Crippen molar-refractivity contribution in [2.75, 3.05) is 13.2 Å². The van der Waals surface area contributed by atoms with E-state index in [0.29, 0.717) is 6.42 Å². The van der Waals surface area contributed by atoms with Gasteiger partial charge in [0.1, 0.15) is 6.61 Å². The highest BCUT2D eigenvalue weighted by Crippen LogP contribution is 2.21. The van der Waals surface area contributed by atoms with Gasteiger partial charge in [-0.15, -0.1) is 0 Å². The molecule has 0 amide bonds. The van der Waals surface area contributed by atoms with Crippen molar-refractivity contribution in [3.63, 3.8) is 0 Å². The highest BCUT2D eigenvalue weighted by atomic mass is 79.9. The van der Waals surface area contributed by atoms with Crippen molar-refractivity contribution >= 4 is 15.9 Å². The monoisotopic (exact) mass is 344 g/mol. The summed E-state index contributed by atoms with van der Waals surface area (Å²) in [6.07, 6.45) is -3.92. The predicted molar refractivity (Wildman–Crippen MR) is 67.3 cm³/mol. The van der Waals surface area contributed by atoms with Crippen LogP contribution in [0.25, 0.3) is 0 Å². The van der Waals surface area contributed by atoms with E-state index in [-0.39, 0.29) is 6.61 Å². The Bertz CT molecular complexity index is 422. The number of nitrogens with one attached hydrogen (secondary N) is 1. The van der Waals surface area contributed by atoms with Crippen LogP contribution in [0.2, 0.25) is 0 Å². The van der Waals surface area contributed by atoms with Crippen LogP contribution in [0, 0.1) is 6.92 Å². The molecule has 110 valence electrons. The summed E-state index contributed by atoms with van der Waals surface area (Å²) in [6.45, 7) is 0.419. The lowest BCUT2D eigenvalue weighted by Crippen LogP contribution is -2.41. The minimum Gasteiger partial charge on any atom is -0.370 e. The molecule has 1 aromatic heterocycles. The van der Waals surface area contributed by atoms with Gasteiger partial charge in [0.05, 0.1) is 22.5 Å². The van der Waals surface area contributed by atoms with Crippen molar-refractivity contribution in [2.45, 2.75) is 25.6 Å². The highest BCUT2D eigenvalue weighted by molar-refractivity contribution is 9.10. The van der Waals surface area contributed by atoms with E-state index in [4.69, 9.17) is 5.84 Å². The van der Waals surface area contributed by atoms with Crippen LogP contribution in [0.15, 0.2) is 4.47 Å². The molecular formula is C10H16BrF3N4O. The normalized spacial score (nSPS) is 13.8. The van der Waals surface area contributed by atoms with Gasteiger partial charge < -0.3 is 4.74 Å². The van der Waals surface area contributed by atoms with E-state index in [0.717, 1.165) is 15.9 Å². The number of nitrogens with zero attached hydrogens (tertiary/aromatic N) is 2. The van der Waals surface area contributed by atoms with Crippen LogP contribution >= 0.6 is 15.9 Å². The molecule has 1 atom stereocenters. The lowest BCUT2D eigenvalue weighted by atomic mass is 10.1. The van der Waals surface area contributed by atoms with Crippen molar-refractivity contribution in [3.05, 3.63) is 15.9 Å². The molecule has 5 nitrogen and oxygen atoms in total. The molecule has 0 radical (unpaired) electrons. The van der Waals surface area contributed by atoms with E-state index < -0.39 is 18.8 Å². The molecule has 0 aliphatic carbocycles. The van der Waals surface area contributed by atoms with Gasteiger partial charge in [0, 0.05) is 19.5 Å². The maximum Gasteiger partial charge on any atom is 0.411 e. The molecule has 0 saturated heterocycles. The number of hydrogen-bond donors (Lipinski definition) is 2. The molecule has 0 aliphatic heterocycles. The molecule has 0 spiro atoms. The van der Waals surface area contributed by atoms with Crippen molar-refractivity contribution < 1.29 is 17.9 Å². The predicted octanol–water partition coefficient (Wildman–Crippen LogP) is 1.44. The van der Waals surface area contributed by atoms with Crippen LogP contribution in [-0.2, 0) is 18.2 Å². The zero-order valence-corrected chi connectivity index (χ0v) is 12.2. The topological polar surface area (TPSA) is 65.1 Å². The van der Waals surface area contributed by atoms with Gasteiger partial charge in [0.2, 0.25) is 0 Å². The average molecular weight is 345 g/mol. The zero-order chi connectivity index (χ0) is 14.6. The van der Waals surface area contributed by atoms with Gasteiger partial charge in [-0.05, 0) is 22.9 Å². The van der Waals surface area contributed by atoms with Crippen molar-refractivity contribution in [3.8, 4) is 0 Å². The number of nitrogens with two attached hydrogens (primary N) is 1. The third-order valence-corrected chi connectivity index (χ3v) is 3.55. The third kappa shape index (κ3) is 5.09. The maximum absolute atomic E-state index is 12.0. The maximum atomic E-state index is 12.0. The summed E-state index contributed by atoms with van der Waals surface area (Å²) in [5.74, 6) is 5.32. The number of hydrogen-bond acceptors (Lipinski definition) is 4. The Labute approximate surface area is 117 Å². The zero-order valence-electron chi connectivity index (χ0n) is 10.6. The Kier molecular flexibility index (Phi) is 5.78. The fourth-order valence-electron chi connectivity index (χ4n) is 1.62. The molecule has 1 unspecified atom stereocenters. The summed E-state index contributed by atoms with van der Waals surface area (Å²) in [7, 11) is 1.76. The van der Waals surface area contributed by atoms with Gasteiger partial charge in [0.25, 0.3) is 0 Å². The molecule has 0 aliphatic rings. The standard InChI is InChI=1S/C10H16BrF3N4O/c1-6-9(11)8(18(2)17-6)3-7(16-15)4-19-5-10(12,13)14/h7,16H,3-5,15H2,1-2H3. The third-order valence-electron chi connectivity index (χ3n) is 2.52. The Morgan fingerprint density at radius 1 is 1.53 bits per heavy atom. The van der Waals surface area contributed by atoms with E-state index in [9.17, 15) is 13.2 Å². The molecule has 1 heterocycles. The summed E-state index contributed by atoms with van der Waals surface area (Å²) in [5.41, 5.74) is 4.10. The van der Waals surface area contributed by atoms with Gasteiger partial charge in [0.15, 0.2) is 0 Å². The summed E-state index contributed by atoms with van der Waals surface area (Å²) in [5, 5.41) is 4.20. The Morgan fingerprint density at radius 3 is 2.58 bits per heavy atom. The fourth-order valence-corrected chi connectivity index (χ4v) is 2.12. The number of alkyl halides is 3. The second kappa shape index (κ2) is 6.69. The first kappa shape index (κ1) is 16.4. The largest absolute Gasteiger partial charge is 0.411 e. The van der Waals surface area contributed by atoms with E-state index in [1.54, 1.807) is 11.7 Å². The molecular weight excluding hydrogens is 329 g/mol. The van der Waals surface area contributed by atoms with Gasteiger partial charge in [-0.25, -0.2) is 0 Å². The number of ether oxygens (including phenoxy) is 1. The molecule has 0 aromatic carbocycles. The van der Waals surface area contributed by atoms with E-state index in [1.165, 1.54) is 0 Å². The van der Waals surface area contributed by atoms with Gasteiger partial charge in [-0.3, -0.25) is 16.0 Å². The smallest absolute Gasteiger partial charge is 0.370 e. The van der Waals surface area contributed by atoms with Crippen LogP contribution in [0.4, 0.5) is 13.2 Å². The molecule has 3 N–H and O–H groups in total. The van der Waals surface area contributed by atoms with Gasteiger partial charge >= 0.3 is 6.18 Å². The summed E-state index contributed by atoms with van der Waals surface area (Å²) in [6, 6.07) is -0.423. The average Bonchev–Trinajstić information content (AvgIpc) is 2.52. The minimum absolute atomic E-state index is 0.132. The second-order valence-corrected chi connectivity index (χ2v) is 4.96. The number of hydrazine groups is 1. The van der Waals surface area contributed by atoms with Crippen LogP contribution in [0.5, 0.6) is 0 Å². The minimum atomic E-state index is -4.33. The summed E-state index contributed by atoms with van der Waals surface area (Å²) < 4.78 is 43.0. The van der Waals surface area contributed by atoms with E-state index in [1.807, 2.05) is 6.92 Å². The molecule has 9 heteroatoms. The number of halogens is 4. The number of rotatable bonds is 6. The molecule has 19 heavy (non-hydrogen) atoms. The lowest BCUT2D eigenvalue weighted by Gasteiger charge is -2.17. The van der Waals surface area contributed by atoms with Crippen LogP contribution in [-0.4, -0.2) is 35.2 Å². The molecule has 1 rings (SSSR count). The Balaban J connectivity index is 2.57. The summed E-state index contributed by atoms with van der Waals surface area (Å²) in [4.78, 5) is 0. The Hall–Kier alpha value is -0.640. The van der Waals surface area contributed by atoms with Gasteiger partial charge in [-0.1, -0.05) is 0 Å². The van der Waals surface area contributed by atoms with Gasteiger partial charge in [-0.2, -0.15) is 18.3 Å². The second-order valence-electron chi connectivity index (χ2n) is 4.17. The first-order valence-corrected chi connectivity index (χ1v) is 6.32. The quantitative estimate of drug-likeness (QED) is 0.605. The lowest BCUT2D eigenvalue weighted by molar-refractivity contribution is -0.175. The number of aryl methyl sites for hydroxylation is 2. The molecule has 0 bridgehead atoms. The SMILES string of the molecule is Cc1nn(C)c(CC(COCC(F)(F)F)NN)c1Br. The van der Waals surface area contributed by atoms with Crippen molar-refractivity contribution in [1.82, 2.24) is 15.2 Å².